The Balaban J connectivity index is 1.51. The summed E-state index contributed by atoms with van der Waals surface area (Å²) in [4.78, 5) is 32.2. The number of carbonyl (C=O) groups excluding carboxylic acids is 2. The van der Waals surface area contributed by atoms with Crippen LogP contribution in [0.4, 0.5) is 24.7 Å². The number of carbonyl (C=O) groups is 2. The van der Waals surface area contributed by atoms with Crippen molar-refractivity contribution in [3.63, 3.8) is 0 Å². The van der Waals surface area contributed by atoms with Gasteiger partial charge in [-0.15, -0.1) is 0 Å². The number of anilines is 2. The van der Waals surface area contributed by atoms with Gasteiger partial charge in [0.05, 0.1) is 11.5 Å². The van der Waals surface area contributed by atoms with Crippen LogP contribution in [0.5, 0.6) is 0 Å². The molecule has 0 N–H and O–H groups in total. The second kappa shape index (κ2) is 9.36. The SMILES string of the molecule is CC(OC(=O)C1CCN(c2ccc(C(F)(F)F)cn2)CC1)C(=O)N(C)c1ccccc1. The molecular weight excluding hydrogens is 411 g/mol. The molecule has 1 aliphatic heterocycles. The molecule has 1 amide bonds. The van der Waals surface area contributed by atoms with Gasteiger partial charge in [-0.05, 0) is 44.0 Å². The van der Waals surface area contributed by atoms with Crippen molar-refractivity contribution in [1.82, 2.24) is 4.98 Å². The van der Waals surface area contributed by atoms with E-state index in [1.54, 1.807) is 26.1 Å². The Hall–Kier alpha value is -3.10. The largest absolute Gasteiger partial charge is 0.452 e. The minimum atomic E-state index is -4.43. The molecular formula is C22H24F3N3O3. The maximum atomic E-state index is 12.7. The van der Waals surface area contributed by atoms with Gasteiger partial charge in [-0.3, -0.25) is 9.59 Å². The van der Waals surface area contributed by atoms with Crippen LogP contribution in [-0.2, 0) is 20.5 Å². The maximum absolute atomic E-state index is 12.7. The molecule has 2 aromatic rings. The van der Waals surface area contributed by atoms with Gasteiger partial charge in [-0.2, -0.15) is 13.2 Å². The monoisotopic (exact) mass is 435 g/mol. The number of nitrogens with zero attached hydrogens (tertiary/aromatic N) is 3. The molecule has 31 heavy (non-hydrogen) atoms. The number of piperidine rings is 1. The lowest BCUT2D eigenvalue weighted by Gasteiger charge is -2.32. The molecule has 0 saturated carbocycles. The molecule has 1 aromatic heterocycles. The van der Waals surface area contributed by atoms with E-state index in [0.29, 0.717) is 37.4 Å². The molecule has 166 valence electrons. The lowest BCUT2D eigenvalue weighted by molar-refractivity contribution is -0.158. The Labute approximate surface area is 178 Å². The Morgan fingerprint density at radius 3 is 2.32 bits per heavy atom. The lowest BCUT2D eigenvalue weighted by Crippen LogP contribution is -2.41. The van der Waals surface area contributed by atoms with E-state index in [4.69, 9.17) is 4.74 Å². The first kappa shape index (κ1) is 22.6. The molecule has 0 radical (unpaired) electrons. The number of pyridine rings is 1. The highest BCUT2D eigenvalue weighted by Gasteiger charge is 2.32. The summed E-state index contributed by atoms with van der Waals surface area (Å²) in [6, 6.07) is 11.4. The third-order valence-corrected chi connectivity index (χ3v) is 5.34. The number of likely N-dealkylation sites (N-methyl/N-ethyl adjacent to an activating group) is 1. The summed E-state index contributed by atoms with van der Waals surface area (Å²) in [5.74, 6) is -0.705. The number of alkyl halides is 3. The van der Waals surface area contributed by atoms with E-state index in [1.165, 1.54) is 11.0 Å². The molecule has 0 spiro atoms. The van der Waals surface area contributed by atoms with Crippen molar-refractivity contribution in [3.8, 4) is 0 Å². The standard InChI is InChI=1S/C22H24F3N3O3/c1-15(20(29)27(2)18-6-4-3-5-7-18)31-21(30)16-10-12-28(13-11-16)19-9-8-17(14-26-19)22(23,24)25/h3-9,14-16H,10-13H2,1-2H3. The van der Waals surface area contributed by atoms with E-state index in [-0.39, 0.29) is 11.8 Å². The van der Waals surface area contributed by atoms with Crippen molar-refractivity contribution >= 4 is 23.4 Å². The molecule has 0 aliphatic carbocycles. The Morgan fingerprint density at radius 2 is 1.77 bits per heavy atom. The summed E-state index contributed by atoms with van der Waals surface area (Å²) in [6.07, 6.45) is -3.60. The first-order valence-corrected chi connectivity index (χ1v) is 9.98. The van der Waals surface area contributed by atoms with Crippen LogP contribution in [-0.4, -0.2) is 43.1 Å². The molecule has 1 unspecified atom stereocenters. The number of hydrogen-bond acceptors (Lipinski definition) is 5. The fourth-order valence-corrected chi connectivity index (χ4v) is 3.46. The quantitative estimate of drug-likeness (QED) is 0.667. The number of esters is 1. The molecule has 1 aliphatic rings. The van der Waals surface area contributed by atoms with Crippen LogP contribution in [0.1, 0.15) is 25.3 Å². The lowest BCUT2D eigenvalue weighted by atomic mass is 9.97. The second-order valence-electron chi connectivity index (χ2n) is 7.48. The van der Waals surface area contributed by atoms with Crippen LogP contribution < -0.4 is 9.80 Å². The zero-order valence-electron chi connectivity index (χ0n) is 17.3. The van der Waals surface area contributed by atoms with E-state index < -0.39 is 23.8 Å². The van der Waals surface area contributed by atoms with Crippen molar-refractivity contribution in [3.05, 3.63) is 54.2 Å². The number of aromatic nitrogens is 1. The topological polar surface area (TPSA) is 62.7 Å². The Bertz CT molecular complexity index is 896. The fraction of sp³-hybridized carbons (Fsp3) is 0.409. The van der Waals surface area contributed by atoms with Gasteiger partial charge < -0.3 is 14.5 Å². The summed E-state index contributed by atoms with van der Waals surface area (Å²) < 4.78 is 43.4. The molecule has 3 rings (SSSR count). The van der Waals surface area contributed by atoms with E-state index in [1.807, 2.05) is 23.1 Å². The molecule has 1 aromatic carbocycles. The van der Waals surface area contributed by atoms with Crippen molar-refractivity contribution in [1.29, 1.82) is 0 Å². The number of rotatable bonds is 5. The van der Waals surface area contributed by atoms with Gasteiger partial charge >= 0.3 is 12.1 Å². The highest BCUT2D eigenvalue weighted by Crippen LogP contribution is 2.30. The van der Waals surface area contributed by atoms with Gasteiger partial charge in [-0.25, -0.2) is 4.98 Å². The molecule has 2 heterocycles. The van der Waals surface area contributed by atoms with Gasteiger partial charge in [0.1, 0.15) is 5.82 Å². The van der Waals surface area contributed by atoms with Crippen LogP contribution in [0.2, 0.25) is 0 Å². The van der Waals surface area contributed by atoms with Gasteiger partial charge in [0.2, 0.25) is 0 Å². The van der Waals surface area contributed by atoms with Crippen LogP contribution in [0.15, 0.2) is 48.7 Å². The van der Waals surface area contributed by atoms with Gasteiger partial charge in [0, 0.05) is 32.0 Å². The van der Waals surface area contributed by atoms with E-state index in [2.05, 4.69) is 4.98 Å². The number of halogens is 3. The Kier molecular flexibility index (Phi) is 6.82. The second-order valence-corrected chi connectivity index (χ2v) is 7.48. The number of amides is 1. The average Bonchev–Trinajstić information content (AvgIpc) is 2.78. The van der Waals surface area contributed by atoms with Crippen LogP contribution >= 0.6 is 0 Å². The minimum absolute atomic E-state index is 0.328. The summed E-state index contributed by atoms with van der Waals surface area (Å²) in [5, 5.41) is 0. The van der Waals surface area contributed by atoms with Gasteiger partial charge in [-0.1, -0.05) is 18.2 Å². The smallest absolute Gasteiger partial charge is 0.417 e. The van der Waals surface area contributed by atoms with Crippen molar-refractivity contribution < 1.29 is 27.5 Å². The molecule has 1 saturated heterocycles. The minimum Gasteiger partial charge on any atom is -0.452 e. The highest BCUT2D eigenvalue weighted by atomic mass is 19.4. The number of benzene rings is 1. The Morgan fingerprint density at radius 1 is 1.13 bits per heavy atom. The molecule has 0 bridgehead atoms. The highest BCUT2D eigenvalue weighted by molar-refractivity contribution is 5.96. The molecule has 9 heteroatoms. The van der Waals surface area contributed by atoms with Gasteiger partial charge in [0.15, 0.2) is 6.10 Å². The first-order valence-electron chi connectivity index (χ1n) is 9.98. The zero-order valence-corrected chi connectivity index (χ0v) is 17.3. The third-order valence-electron chi connectivity index (χ3n) is 5.34. The van der Waals surface area contributed by atoms with E-state index >= 15 is 0 Å². The van der Waals surface area contributed by atoms with E-state index in [0.717, 1.165) is 12.3 Å². The zero-order chi connectivity index (χ0) is 22.6. The average molecular weight is 435 g/mol. The van der Waals surface area contributed by atoms with E-state index in [9.17, 15) is 22.8 Å². The van der Waals surface area contributed by atoms with Crippen LogP contribution in [0, 0.1) is 5.92 Å². The maximum Gasteiger partial charge on any atom is 0.417 e. The van der Waals surface area contributed by atoms with Crippen molar-refractivity contribution in [2.75, 3.05) is 29.9 Å². The number of hydrogen-bond donors (Lipinski definition) is 0. The van der Waals surface area contributed by atoms with Crippen molar-refractivity contribution in [2.24, 2.45) is 5.92 Å². The first-order chi connectivity index (χ1) is 14.7. The summed E-state index contributed by atoms with van der Waals surface area (Å²) in [5.41, 5.74) is -0.0958. The predicted octanol–water partition coefficient (Wildman–Crippen LogP) is 3.91. The number of para-hydroxylation sites is 1. The van der Waals surface area contributed by atoms with Crippen LogP contribution in [0.3, 0.4) is 0 Å². The molecule has 1 atom stereocenters. The summed E-state index contributed by atoms with van der Waals surface area (Å²) in [7, 11) is 1.62. The van der Waals surface area contributed by atoms with Crippen LogP contribution in [0.25, 0.3) is 0 Å². The summed E-state index contributed by atoms with van der Waals surface area (Å²) >= 11 is 0. The third kappa shape index (κ3) is 5.53. The number of ether oxygens (including phenoxy) is 1. The molecule has 6 nitrogen and oxygen atoms in total. The van der Waals surface area contributed by atoms with Crippen molar-refractivity contribution in [2.45, 2.75) is 32.0 Å². The fourth-order valence-electron chi connectivity index (χ4n) is 3.46. The summed E-state index contributed by atoms with van der Waals surface area (Å²) in [6.45, 7) is 2.47. The molecule has 1 fully saturated rings. The predicted molar refractivity (Wildman–Crippen MR) is 110 cm³/mol. The normalized spacial score (nSPS) is 16.0. The van der Waals surface area contributed by atoms with Gasteiger partial charge in [0.25, 0.3) is 5.91 Å².